The van der Waals surface area contributed by atoms with E-state index in [0.29, 0.717) is 11.2 Å². The van der Waals surface area contributed by atoms with E-state index < -0.39 is 0 Å². The van der Waals surface area contributed by atoms with Crippen LogP contribution in [0.3, 0.4) is 0 Å². The van der Waals surface area contributed by atoms with Crippen LogP contribution >= 0.6 is 0 Å². The van der Waals surface area contributed by atoms with Crippen molar-refractivity contribution in [3.05, 3.63) is 58.5 Å². The molecule has 0 aliphatic carbocycles. The summed E-state index contributed by atoms with van der Waals surface area (Å²) in [6.45, 7) is 1.67. The highest BCUT2D eigenvalue weighted by molar-refractivity contribution is 5.95. The van der Waals surface area contributed by atoms with Crippen molar-refractivity contribution >= 4 is 22.6 Å². The lowest BCUT2D eigenvalue weighted by molar-refractivity contribution is 0.101. The first-order valence-electron chi connectivity index (χ1n) is 7.81. The van der Waals surface area contributed by atoms with Gasteiger partial charge < -0.3 is 4.74 Å². The Kier molecular flexibility index (Phi) is 3.68. The van der Waals surface area contributed by atoms with Crippen LogP contribution in [0.25, 0.3) is 16.8 Å². The maximum absolute atomic E-state index is 12.8. The largest absolute Gasteiger partial charge is 0.497 e. The van der Waals surface area contributed by atoms with Crippen molar-refractivity contribution in [2.24, 2.45) is 0 Å². The third-order valence-electron chi connectivity index (χ3n) is 4.04. The summed E-state index contributed by atoms with van der Waals surface area (Å²) in [6, 6.07) is 7.35. The first kappa shape index (κ1) is 15.9. The Bertz CT molecular complexity index is 1190. The zero-order valence-corrected chi connectivity index (χ0v) is 14.1. The predicted octanol–water partition coefficient (Wildman–Crippen LogP) is 1.09. The molecule has 0 radical (unpaired) electrons. The number of carbonyl (C=O) groups is 1. The van der Waals surface area contributed by atoms with E-state index in [2.05, 4.69) is 20.1 Å². The normalized spacial score (nSPS) is 11.2. The van der Waals surface area contributed by atoms with Crippen molar-refractivity contribution in [3.63, 3.8) is 0 Å². The number of Topliss-reactive ketones (excluding diaryl/α,β-unsaturated/α-hetero) is 1. The lowest BCUT2D eigenvalue weighted by Crippen LogP contribution is -2.29. The van der Waals surface area contributed by atoms with Crippen LogP contribution < -0.4 is 10.4 Å². The van der Waals surface area contributed by atoms with Crippen molar-refractivity contribution in [2.75, 3.05) is 7.11 Å². The second-order valence-electron chi connectivity index (χ2n) is 5.70. The number of nitrogens with zero attached hydrogens (tertiary/aromatic N) is 6. The summed E-state index contributed by atoms with van der Waals surface area (Å²) in [7, 11) is 1.59. The maximum atomic E-state index is 12.8. The quantitative estimate of drug-likeness (QED) is 0.507. The second-order valence-corrected chi connectivity index (χ2v) is 5.70. The highest BCUT2D eigenvalue weighted by Gasteiger charge is 2.16. The van der Waals surface area contributed by atoms with Crippen LogP contribution in [-0.2, 0) is 6.54 Å². The Labute approximate surface area is 146 Å². The molecule has 3 heterocycles. The first-order chi connectivity index (χ1) is 12.6. The smallest absolute Gasteiger partial charge is 0.352 e. The van der Waals surface area contributed by atoms with Crippen LogP contribution in [0.2, 0.25) is 0 Å². The molecule has 0 aliphatic rings. The average Bonchev–Trinajstić information content (AvgIpc) is 3.15. The molecule has 9 nitrogen and oxygen atoms in total. The molecule has 26 heavy (non-hydrogen) atoms. The number of aromatic nitrogens is 6. The summed E-state index contributed by atoms with van der Waals surface area (Å²) in [5.74, 6) is 0.508. The van der Waals surface area contributed by atoms with E-state index in [4.69, 9.17) is 4.74 Å². The number of ether oxygens (including phenoxy) is 1. The van der Waals surface area contributed by atoms with Gasteiger partial charge in [0, 0.05) is 6.92 Å². The summed E-state index contributed by atoms with van der Waals surface area (Å²) in [5, 5.41) is 3.97. The summed E-state index contributed by atoms with van der Waals surface area (Å²) in [5.41, 5.74) is 1.67. The van der Waals surface area contributed by atoms with E-state index in [9.17, 15) is 9.59 Å². The molecule has 3 aromatic heterocycles. The Morgan fingerprint density at radius 3 is 2.62 bits per heavy atom. The summed E-state index contributed by atoms with van der Waals surface area (Å²) in [4.78, 5) is 37.2. The van der Waals surface area contributed by atoms with Gasteiger partial charge in [0.05, 0.1) is 19.9 Å². The van der Waals surface area contributed by atoms with E-state index in [1.807, 2.05) is 24.3 Å². The molecule has 1 aromatic carbocycles. The van der Waals surface area contributed by atoms with Crippen molar-refractivity contribution in [3.8, 4) is 5.75 Å². The molecule has 4 aromatic rings. The molecule has 0 saturated heterocycles. The fourth-order valence-corrected chi connectivity index (χ4v) is 2.70. The number of methoxy groups -OCH3 is 1. The third kappa shape index (κ3) is 2.50. The molecule has 130 valence electrons. The highest BCUT2D eigenvalue weighted by atomic mass is 16.5. The van der Waals surface area contributed by atoms with Crippen LogP contribution in [0.1, 0.15) is 23.0 Å². The molecule has 0 bridgehead atoms. The van der Waals surface area contributed by atoms with Gasteiger partial charge in [-0.25, -0.2) is 19.7 Å². The Hall–Kier alpha value is -3.62. The SMILES string of the molecule is COc1ccc(Cn2c(=O)n3ncnc3c3nc(C(C)=O)cnc32)cc1. The van der Waals surface area contributed by atoms with Gasteiger partial charge in [0.1, 0.15) is 17.8 Å². The van der Waals surface area contributed by atoms with Gasteiger partial charge in [0.25, 0.3) is 0 Å². The van der Waals surface area contributed by atoms with E-state index in [0.717, 1.165) is 15.8 Å². The van der Waals surface area contributed by atoms with E-state index in [-0.39, 0.29) is 29.4 Å². The molecule has 0 aliphatic heterocycles. The minimum atomic E-state index is -0.384. The van der Waals surface area contributed by atoms with Crippen molar-refractivity contribution < 1.29 is 9.53 Å². The second kappa shape index (κ2) is 6.03. The van der Waals surface area contributed by atoms with Crippen molar-refractivity contribution in [2.45, 2.75) is 13.5 Å². The molecule has 0 amide bonds. The molecule has 4 rings (SSSR count). The van der Waals surface area contributed by atoms with E-state index in [1.165, 1.54) is 24.0 Å². The number of hydrogen-bond donors (Lipinski definition) is 0. The van der Waals surface area contributed by atoms with Crippen LogP contribution in [-0.4, -0.2) is 42.0 Å². The average molecular weight is 350 g/mol. The third-order valence-corrected chi connectivity index (χ3v) is 4.04. The van der Waals surface area contributed by atoms with Gasteiger partial charge in [-0.3, -0.25) is 9.36 Å². The molecule has 0 fully saturated rings. The van der Waals surface area contributed by atoms with Gasteiger partial charge in [-0.2, -0.15) is 9.61 Å². The fourth-order valence-electron chi connectivity index (χ4n) is 2.70. The monoisotopic (exact) mass is 350 g/mol. The molecule has 0 saturated carbocycles. The molecule has 0 atom stereocenters. The van der Waals surface area contributed by atoms with Gasteiger partial charge in [0.15, 0.2) is 22.6 Å². The molecule has 0 N–H and O–H groups in total. The zero-order chi connectivity index (χ0) is 18.3. The van der Waals surface area contributed by atoms with Crippen LogP contribution in [0.4, 0.5) is 0 Å². The van der Waals surface area contributed by atoms with Gasteiger partial charge >= 0.3 is 5.69 Å². The van der Waals surface area contributed by atoms with Crippen molar-refractivity contribution in [1.82, 2.24) is 29.1 Å². The number of benzene rings is 1. The minimum absolute atomic E-state index is 0.206. The number of rotatable bonds is 4. The van der Waals surface area contributed by atoms with Gasteiger partial charge in [-0.1, -0.05) is 12.1 Å². The Morgan fingerprint density at radius 2 is 1.92 bits per heavy atom. The van der Waals surface area contributed by atoms with E-state index in [1.54, 1.807) is 7.11 Å². The standard InChI is InChI=1S/C17H14N6O3/c1-10(24)13-7-18-15-14(21-13)16-19-9-20-23(16)17(25)22(15)8-11-3-5-12(26-2)6-4-11/h3-7,9H,8H2,1-2H3. The summed E-state index contributed by atoms with van der Waals surface area (Å²) in [6.07, 6.45) is 2.64. The Balaban J connectivity index is 1.95. The highest BCUT2D eigenvalue weighted by Crippen LogP contribution is 2.16. The van der Waals surface area contributed by atoms with Crippen LogP contribution in [0.5, 0.6) is 5.75 Å². The lowest BCUT2D eigenvalue weighted by Gasteiger charge is -2.11. The topological polar surface area (TPSA) is 104 Å². The van der Waals surface area contributed by atoms with Crippen molar-refractivity contribution in [1.29, 1.82) is 0 Å². The first-order valence-corrected chi connectivity index (χ1v) is 7.81. The summed E-state index contributed by atoms with van der Waals surface area (Å²) >= 11 is 0. The molecule has 0 spiro atoms. The lowest BCUT2D eigenvalue weighted by atomic mass is 10.2. The number of fused-ring (bicyclic) bond motifs is 3. The minimum Gasteiger partial charge on any atom is -0.497 e. The summed E-state index contributed by atoms with van der Waals surface area (Å²) < 4.78 is 7.76. The zero-order valence-electron chi connectivity index (χ0n) is 14.1. The number of ketones is 1. The Morgan fingerprint density at radius 1 is 1.15 bits per heavy atom. The van der Waals surface area contributed by atoms with Crippen LogP contribution in [0, 0.1) is 0 Å². The van der Waals surface area contributed by atoms with Gasteiger partial charge in [-0.15, -0.1) is 0 Å². The molecule has 9 heteroatoms. The molecular formula is C17H14N6O3. The van der Waals surface area contributed by atoms with Gasteiger partial charge in [-0.05, 0) is 17.7 Å². The molecule has 0 unspecified atom stereocenters. The maximum Gasteiger partial charge on any atom is 0.352 e. The van der Waals surface area contributed by atoms with E-state index >= 15 is 0 Å². The number of carbonyl (C=O) groups excluding carboxylic acids is 1. The van der Waals surface area contributed by atoms with Crippen LogP contribution in [0.15, 0.2) is 41.6 Å². The number of hydrogen-bond acceptors (Lipinski definition) is 7. The fraction of sp³-hybridized carbons (Fsp3) is 0.176. The van der Waals surface area contributed by atoms with Gasteiger partial charge in [0.2, 0.25) is 0 Å². The molecular weight excluding hydrogens is 336 g/mol. The predicted molar refractivity (Wildman–Crippen MR) is 92.4 cm³/mol.